The van der Waals surface area contributed by atoms with Crippen molar-refractivity contribution < 1.29 is 18.9 Å². The number of hydrogen-bond donors (Lipinski definition) is 0. The van der Waals surface area contributed by atoms with Crippen molar-refractivity contribution in [3.05, 3.63) is 28.8 Å². The highest BCUT2D eigenvalue weighted by molar-refractivity contribution is 6.32. The van der Waals surface area contributed by atoms with Gasteiger partial charge >= 0.3 is 0 Å². The maximum Gasteiger partial charge on any atom is 0.160 e. The zero-order chi connectivity index (χ0) is 15.7. The number of rotatable bonds is 10. The molecule has 0 aliphatic rings. The van der Waals surface area contributed by atoms with E-state index in [1.807, 2.05) is 39.0 Å². The lowest BCUT2D eigenvalue weighted by Gasteiger charge is -2.24. The molecular weight excluding hydrogens is 292 g/mol. The zero-order valence-electron chi connectivity index (χ0n) is 13.2. The van der Waals surface area contributed by atoms with Gasteiger partial charge in [0.05, 0.1) is 18.2 Å². The van der Waals surface area contributed by atoms with Crippen LogP contribution in [-0.2, 0) is 14.2 Å². The van der Waals surface area contributed by atoms with Crippen LogP contribution in [0, 0.1) is 0 Å². The molecule has 5 heteroatoms. The monoisotopic (exact) mass is 316 g/mol. The Labute approximate surface area is 132 Å². The summed E-state index contributed by atoms with van der Waals surface area (Å²) in [4.78, 5) is 0. The minimum atomic E-state index is -0.279. The summed E-state index contributed by atoms with van der Waals surface area (Å²) in [6.45, 7) is 7.69. The fourth-order valence-corrected chi connectivity index (χ4v) is 2.30. The minimum Gasteiger partial charge on any atom is -0.495 e. The van der Waals surface area contributed by atoms with Crippen LogP contribution in [-0.4, -0.2) is 33.2 Å². The summed E-state index contributed by atoms with van der Waals surface area (Å²) in [5, 5.41) is 0.586. The maximum absolute atomic E-state index is 6.07. The lowest BCUT2D eigenvalue weighted by molar-refractivity contribution is -0.158. The van der Waals surface area contributed by atoms with Gasteiger partial charge < -0.3 is 18.9 Å². The second kappa shape index (κ2) is 10.0. The molecular formula is C16H25ClO4. The molecule has 120 valence electrons. The van der Waals surface area contributed by atoms with Gasteiger partial charge in [-0.1, -0.05) is 17.7 Å². The van der Waals surface area contributed by atoms with Gasteiger partial charge in [-0.05, 0) is 38.5 Å². The first-order valence-corrected chi connectivity index (χ1v) is 7.72. The molecule has 0 aromatic heterocycles. The van der Waals surface area contributed by atoms with E-state index >= 15 is 0 Å². The molecule has 1 aromatic carbocycles. The van der Waals surface area contributed by atoms with Crippen molar-refractivity contribution >= 4 is 11.6 Å². The van der Waals surface area contributed by atoms with Gasteiger partial charge in [-0.15, -0.1) is 0 Å². The lowest BCUT2D eigenvalue weighted by atomic mass is 10.1. The SMILES string of the molecule is CCOC(CC(OCC)c1ccc(Cl)c(OC)c1)OCC. The van der Waals surface area contributed by atoms with Crippen molar-refractivity contribution in [2.24, 2.45) is 0 Å². The van der Waals surface area contributed by atoms with Crippen molar-refractivity contribution in [1.29, 1.82) is 0 Å². The quantitative estimate of drug-likeness (QED) is 0.606. The second-order valence-corrected chi connectivity index (χ2v) is 4.82. The molecule has 0 saturated carbocycles. The summed E-state index contributed by atoms with van der Waals surface area (Å²) in [5.74, 6) is 0.642. The van der Waals surface area contributed by atoms with E-state index < -0.39 is 0 Å². The third kappa shape index (κ3) is 5.83. The van der Waals surface area contributed by atoms with Crippen molar-refractivity contribution in [2.75, 3.05) is 26.9 Å². The topological polar surface area (TPSA) is 36.9 Å². The average Bonchev–Trinajstić information content (AvgIpc) is 2.48. The highest BCUT2D eigenvalue weighted by Crippen LogP contribution is 2.31. The van der Waals surface area contributed by atoms with Crippen LogP contribution >= 0.6 is 11.6 Å². The molecule has 0 spiro atoms. The molecule has 0 aliphatic carbocycles. The summed E-state index contributed by atoms with van der Waals surface area (Å²) in [6.07, 6.45) is 0.225. The van der Waals surface area contributed by atoms with E-state index in [9.17, 15) is 0 Å². The minimum absolute atomic E-state index is 0.121. The van der Waals surface area contributed by atoms with E-state index in [1.54, 1.807) is 7.11 Å². The Morgan fingerprint density at radius 1 is 1.00 bits per heavy atom. The largest absolute Gasteiger partial charge is 0.495 e. The first-order valence-electron chi connectivity index (χ1n) is 7.34. The summed E-state index contributed by atoms with van der Waals surface area (Å²) in [6, 6.07) is 5.66. The van der Waals surface area contributed by atoms with Crippen LogP contribution < -0.4 is 4.74 Å². The number of benzene rings is 1. The summed E-state index contributed by atoms with van der Waals surface area (Å²) >= 11 is 6.07. The Morgan fingerprint density at radius 3 is 2.14 bits per heavy atom. The fraction of sp³-hybridized carbons (Fsp3) is 0.625. The van der Waals surface area contributed by atoms with Gasteiger partial charge in [0.15, 0.2) is 6.29 Å². The molecule has 1 rings (SSSR count). The Hall–Kier alpha value is -0.810. The van der Waals surface area contributed by atoms with Gasteiger partial charge in [0.2, 0.25) is 0 Å². The number of methoxy groups -OCH3 is 1. The Bertz CT molecular complexity index is 405. The smallest absolute Gasteiger partial charge is 0.160 e. The maximum atomic E-state index is 6.07. The van der Waals surface area contributed by atoms with E-state index in [-0.39, 0.29) is 12.4 Å². The molecule has 0 N–H and O–H groups in total. The first kappa shape index (κ1) is 18.2. The van der Waals surface area contributed by atoms with E-state index in [0.29, 0.717) is 37.0 Å². The standard InChI is InChI=1S/C16H25ClO4/c1-5-19-14(11-16(20-6-2)21-7-3)12-8-9-13(17)15(10-12)18-4/h8-10,14,16H,5-7,11H2,1-4H3. The molecule has 0 amide bonds. The first-order chi connectivity index (χ1) is 10.2. The highest BCUT2D eigenvalue weighted by Gasteiger charge is 2.20. The van der Waals surface area contributed by atoms with Crippen molar-refractivity contribution in [3.63, 3.8) is 0 Å². The Balaban J connectivity index is 2.88. The van der Waals surface area contributed by atoms with Crippen molar-refractivity contribution in [3.8, 4) is 5.75 Å². The molecule has 0 fully saturated rings. The lowest BCUT2D eigenvalue weighted by Crippen LogP contribution is -2.22. The molecule has 1 aromatic rings. The third-order valence-corrected chi connectivity index (χ3v) is 3.34. The molecule has 0 heterocycles. The van der Waals surface area contributed by atoms with Gasteiger partial charge in [0.25, 0.3) is 0 Å². The average molecular weight is 317 g/mol. The molecule has 0 saturated heterocycles. The van der Waals surface area contributed by atoms with Crippen LogP contribution in [0.3, 0.4) is 0 Å². The van der Waals surface area contributed by atoms with E-state index in [0.717, 1.165) is 5.56 Å². The predicted molar refractivity (Wildman–Crippen MR) is 84.0 cm³/mol. The summed E-state index contributed by atoms with van der Waals surface area (Å²) in [5.41, 5.74) is 1.00. The predicted octanol–water partition coefficient (Wildman–Crippen LogP) is 4.22. The van der Waals surface area contributed by atoms with Crippen LogP contribution in [0.1, 0.15) is 38.9 Å². The summed E-state index contributed by atoms with van der Waals surface area (Å²) < 4.78 is 22.3. The molecule has 1 atom stereocenters. The molecule has 0 bridgehead atoms. The number of halogens is 1. The Kier molecular flexibility index (Phi) is 8.69. The molecule has 0 radical (unpaired) electrons. The van der Waals surface area contributed by atoms with E-state index in [4.69, 9.17) is 30.5 Å². The fourth-order valence-electron chi connectivity index (χ4n) is 2.11. The van der Waals surface area contributed by atoms with Crippen LogP contribution in [0.25, 0.3) is 0 Å². The van der Waals surface area contributed by atoms with Crippen molar-refractivity contribution in [2.45, 2.75) is 39.6 Å². The van der Waals surface area contributed by atoms with E-state index in [1.165, 1.54) is 0 Å². The van der Waals surface area contributed by atoms with Gasteiger partial charge in [-0.3, -0.25) is 0 Å². The van der Waals surface area contributed by atoms with Gasteiger partial charge in [0, 0.05) is 26.2 Å². The highest BCUT2D eigenvalue weighted by atomic mass is 35.5. The van der Waals surface area contributed by atoms with Crippen molar-refractivity contribution in [1.82, 2.24) is 0 Å². The third-order valence-electron chi connectivity index (χ3n) is 3.03. The summed E-state index contributed by atoms with van der Waals surface area (Å²) in [7, 11) is 1.60. The van der Waals surface area contributed by atoms with Crippen LogP contribution in [0.5, 0.6) is 5.75 Å². The second-order valence-electron chi connectivity index (χ2n) is 4.41. The molecule has 1 unspecified atom stereocenters. The van der Waals surface area contributed by atoms with Gasteiger partial charge in [-0.25, -0.2) is 0 Å². The molecule has 0 aliphatic heterocycles. The Morgan fingerprint density at radius 2 is 1.62 bits per heavy atom. The van der Waals surface area contributed by atoms with E-state index in [2.05, 4.69) is 0 Å². The van der Waals surface area contributed by atoms with Crippen LogP contribution in [0.2, 0.25) is 5.02 Å². The van der Waals surface area contributed by atoms with Crippen LogP contribution in [0.4, 0.5) is 0 Å². The van der Waals surface area contributed by atoms with Gasteiger partial charge in [-0.2, -0.15) is 0 Å². The normalized spacial score (nSPS) is 12.7. The number of hydrogen-bond acceptors (Lipinski definition) is 4. The molecule has 4 nitrogen and oxygen atoms in total. The molecule has 21 heavy (non-hydrogen) atoms. The number of ether oxygens (including phenoxy) is 4. The van der Waals surface area contributed by atoms with Gasteiger partial charge in [0.1, 0.15) is 5.75 Å². The van der Waals surface area contributed by atoms with Crippen LogP contribution in [0.15, 0.2) is 18.2 Å². The zero-order valence-corrected chi connectivity index (χ0v) is 14.0.